The Hall–Kier alpha value is -3.64. The second-order valence-electron chi connectivity index (χ2n) is 7.24. The van der Waals surface area contributed by atoms with E-state index in [0.717, 1.165) is 27.0 Å². The summed E-state index contributed by atoms with van der Waals surface area (Å²) in [5.74, 6) is 0.464. The van der Waals surface area contributed by atoms with E-state index in [-0.39, 0.29) is 11.9 Å². The first-order valence-corrected chi connectivity index (χ1v) is 10.7. The van der Waals surface area contributed by atoms with Crippen molar-refractivity contribution in [1.82, 2.24) is 9.78 Å². The van der Waals surface area contributed by atoms with Crippen LogP contribution >= 0.6 is 15.9 Å². The fourth-order valence-corrected chi connectivity index (χ4v) is 3.93. The molecule has 0 aliphatic carbocycles. The Morgan fingerprint density at radius 2 is 1.61 bits per heavy atom. The molecule has 0 radical (unpaired) electrons. The van der Waals surface area contributed by atoms with Crippen LogP contribution in [0, 0.1) is 0 Å². The molecule has 152 valence electrons. The number of aromatic nitrogens is 2. The zero-order valence-corrected chi connectivity index (χ0v) is 18.1. The van der Waals surface area contributed by atoms with Crippen LogP contribution in [-0.4, -0.2) is 15.7 Å². The van der Waals surface area contributed by atoms with Crippen LogP contribution in [0.5, 0.6) is 0 Å². The number of carbonyl (C=O) groups is 1. The van der Waals surface area contributed by atoms with Gasteiger partial charge in [-0.25, -0.2) is 4.68 Å². The molecule has 0 bridgehead atoms. The van der Waals surface area contributed by atoms with Crippen molar-refractivity contribution in [3.8, 4) is 0 Å². The van der Waals surface area contributed by atoms with E-state index < -0.39 is 0 Å². The quantitative estimate of drug-likeness (QED) is 0.387. The summed E-state index contributed by atoms with van der Waals surface area (Å²) in [6.45, 7) is 0. The van der Waals surface area contributed by atoms with E-state index in [1.807, 2.05) is 77.5 Å². The maximum Gasteiger partial charge on any atom is 0.261 e. The Labute approximate surface area is 188 Å². The molecule has 5 rings (SSSR count). The fraction of sp³-hybridized carbons (Fsp3) is 0.0400. The summed E-state index contributed by atoms with van der Waals surface area (Å²) in [4.78, 5) is 13.0. The largest absolute Gasteiger partial charge is 0.339 e. The van der Waals surface area contributed by atoms with Crippen LogP contribution in [0.3, 0.4) is 0 Å². The number of anilines is 2. The first kappa shape index (κ1) is 19.3. The minimum absolute atomic E-state index is 0.141. The van der Waals surface area contributed by atoms with Crippen molar-refractivity contribution in [2.45, 2.75) is 6.04 Å². The maximum absolute atomic E-state index is 13.0. The smallest absolute Gasteiger partial charge is 0.261 e. The van der Waals surface area contributed by atoms with Crippen LogP contribution < -0.4 is 10.6 Å². The van der Waals surface area contributed by atoms with Gasteiger partial charge >= 0.3 is 0 Å². The number of para-hydroxylation sites is 1. The van der Waals surface area contributed by atoms with Gasteiger partial charge in [-0.05, 0) is 41.5 Å². The maximum atomic E-state index is 13.0. The van der Waals surface area contributed by atoms with Crippen LogP contribution in [0.4, 0.5) is 11.5 Å². The minimum Gasteiger partial charge on any atom is -0.339 e. The molecule has 1 aromatic heterocycles. The number of benzene rings is 3. The number of amides is 1. The Bertz CT molecular complexity index is 1250. The number of hydrogen-bond donors (Lipinski definition) is 2. The monoisotopic (exact) mass is 470 g/mol. The molecule has 1 aliphatic rings. The lowest BCUT2D eigenvalue weighted by atomic mass is 10.0. The molecule has 0 spiro atoms. The predicted molar refractivity (Wildman–Crippen MR) is 127 cm³/mol. The van der Waals surface area contributed by atoms with Crippen molar-refractivity contribution in [1.29, 1.82) is 0 Å². The molecule has 1 atom stereocenters. The average Bonchev–Trinajstić information content (AvgIpc) is 3.24. The summed E-state index contributed by atoms with van der Waals surface area (Å²) in [5, 5.41) is 10.9. The fourth-order valence-electron chi connectivity index (χ4n) is 3.67. The molecule has 0 fully saturated rings. The molecule has 31 heavy (non-hydrogen) atoms. The summed E-state index contributed by atoms with van der Waals surface area (Å²) < 4.78 is 2.87. The van der Waals surface area contributed by atoms with E-state index in [1.54, 1.807) is 6.20 Å². The summed E-state index contributed by atoms with van der Waals surface area (Å²) in [6.07, 6.45) is 3.76. The summed E-state index contributed by atoms with van der Waals surface area (Å²) in [6, 6.07) is 27.5. The molecule has 0 unspecified atom stereocenters. The lowest BCUT2D eigenvalue weighted by molar-refractivity contribution is 0.102. The molecule has 4 aromatic rings. The third-order valence-corrected chi connectivity index (χ3v) is 5.74. The standard InChI is InChI=1S/C25H19BrN4O/c26-19-13-11-18(12-14-19)23-15-22(17-7-3-1-4-8-17)29-24-21(16-27-30(23)24)25(31)28-20-9-5-2-6-10-20/h1-16,23,29H,(H,28,31)/t23-/m1/s1. The molecule has 0 saturated carbocycles. The highest BCUT2D eigenvalue weighted by molar-refractivity contribution is 9.10. The van der Waals surface area contributed by atoms with Crippen molar-refractivity contribution in [3.63, 3.8) is 0 Å². The Morgan fingerprint density at radius 3 is 2.32 bits per heavy atom. The Balaban J connectivity index is 1.56. The van der Waals surface area contributed by atoms with Crippen LogP contribution in [-0.2, 0) is 0 Å². The summed E-state index contributed by atoms with van der Waals surface area (Å²) in [7, 11) is 0. The molecule has 1 aliphatic heterocycles. The van der Waals surface area contributed by atoms with Gasteiger partial charge in [0.25, 0.3) is 5.91 Å². The number of hydrogen-bond acceptors (Lipinski definition) is 3. The lowest BCUT2D eigenvalue weighted by Gasteiger charge is -2.26. The summed E-state index contributed by atoms with van der Waals surface area (Å²) >= 11 is 3.50. The third-order valence-electron chi connectivity index (χ3n) is 5.21. The van der Waals surface area contributed by atoms with E-state index in [9.17, 15) is 4.79 Å². The van der Waals surface area contributed by atoms with Gasteiger partial charge < -0.3 is 10.6 Å². The van der Waals surface area contributed by atoms with Gasteiger partial charge in [-0.3, -0.25) is 4.79 Å². The number of carbonyl (C=O) groups excluding carboxylic acids is 1. The van der Waals surface area contributed by atoms with E-state index in [2.05, 4.69) is 49.9 Å². The zero-order chi connectivity index (χ0) is 21.2. The highest BCUT2D eigenvalue weighted by atomic mass is 79.9. The summed E-state index contributed by atoms with van der Waals surface area (Å²) in [5.41, 5.74) is 4.30. The highest BCUT2D eigenvalue weighted by Crippen LogP contribution is 2.35. The van der Waals surface area contributed by atoms with Gasteiger partial charge in [0.05, 0.1) is 12.2 Å². The van der Waals surface area contributed by atoms with Crippen LogP contribution in [0.25, 0.3) is 5.70 Å². The van der Waals surface area contributed by atoms with Crippen LogP contribution in [0.2, 0.25) is 0 Å². The Kier molecular flexibility index (Phi) is 5.14. The number of allylic oxidation sites excluding steroid dienone is 1. The number of halogens is 1. The topological polar surface area (TPSA) is 59.0 Å². The van der Waals surface area contributed by atoms with Gasteiger partial charge in [0.15, 0.2) is 0 Å². The normalized spacial score (nSPS) is 14.9. The predicted octanol–water partition coefficient (Wildman–Crippen LogP) is 5.95. The minimum atomic E-state index is -0.205. The van der Waals surface area contributed by atoms with Crippen molar-refractivity contribution in [3.05, 3.63) is 118 Å². The Morgan fingerprint density at radius 1 is 0.935 bits per heavy atom. The van der Waals surface area contributed by atoms with Crippen molar-refractivity contribution < 1.29 is 4.79 Å². The first-order valence-electron chi connectivity index (χ1n) is 9.93. The molecule has 3 aromatic carbocycles. The molecular formula is C25H19BrN4O. The number of nitrogens with one attached hydrogen (secondary N) is 2. The first-order chi connectivity index (χ1) is 15.2. The van der Waals surface area contributed by atoms with Gasteiger partial charge in [-0.2, -0.15) is 5.10 Å². The second kappa shape index (κ2) is 8.24. The molecule has 6 heteroatoms. The van der Waals surface area contributed by atoms with Gasteiger partial charge in [-0.1, -0.05) is 76.6 Å². The lowest BCUT2D eigenvalue weighted by Crippen LogP contribution is -2.22. The SMILES string of the molecule is O=C(Nc1ccccc1)c1cnn2c1NC(c1ccccc1)=C[C@@H]2c1ccc(Br)cc1. The molecule has 2 heterocycles. The van der Waals surface area contributed by atoms with Crippen LogP contribution in [0.15, 0.2) is 102 Å². The molecule has 0 saturated heterocycles. The van der Waals surface area contributed by atoms with Gasteiger partial charge in [0, 0.05) is 15.9 Å². The molecular weight excluding hydrogens is 452 g/mol. The molecule has 2 N–H and O–H groups in total. The van der Waals surface area contributed by atoms with Crippen molar-refractivity contribution in [2.24, 2.45) is 0 Å². The number of nitrogens with zero attached hydrogens (tertiary/aromatic N) is 2. The van der Waals surface area contributed by atoms with Gasteiger partial charge in [0.1, 0.15) is 11.4 Å². The van der Waals surface area contributed by atoms with E-state index >= 15 is 0 Å². The van der Waals surface area contributed by atoms with Crippen LogP contribution in [0.1, 0.15) is 27.5 Å². The molecule has 1 amide bonds. The number of rotatable bonds is 4. The van der Waals surface area contributed by atoms with E-state index in [0.29, 0.717) is 11.4 Å². The second-order valence-corrected chi connectivity index (χ2v) is 8.16. The zero-order valence-electron chi connectivity index (χ0n) is 16.5. The number of fused-ring (bicyclic) bond motifs is 1. The van der Waals surface area contributed by atoms with Crippen molar-refractivity contribution in [2.75, 3.05) is 10.6 Å². The van der Waals surface area contributed by atoms with E-state index in [1.165, 1.54) is 0 Å². The van der Waals surface area contributed by atoms with E-state index in [4.69, 9.17) is 0 Å². The third kappa shape index (κ3) is 3.90. The molecule has 5 nitrogen and oxygen atoms in total. The van der Waals surface area contributed by atoms with Crippen molar-refractivity contribution >= 4 is 39.0 Å². The van der Waals surface area contributed by atoms with Gasteiger partial charge in [-0.15, -0.1) is 0 Å². The average molecular weight is 471 g/mol. The van der Waals surface area contributed by atoms with Gasteiger partial charge in [0.2, 0.25) is 0 Å². The highest BCUT2D eigenvalue weighted by Gasteiger charge is 2.27.